The Morgan fingerprint density at radius 1 is 0.971 bits per heavy atom. The molecule has 1 aliphatic heterocycles. The number of hydrogen-bond acceptors (Lipinski definition) is 4. The fourth-order valence-electron chi connectivity index (χ4n) is 4.70. The first-order valence-electron chi connectivity index (χ1n) is 13.1. The summed E-state index contributed by atoms with van der Waals surface area (Å²) in [6, 6.07) is 15.7. The predicted octanol–water partition coefficient (Wildman–Crippen LogP) is 6.74. The second-order valence-electron chi connectivity index (χ2n) is 9.07. The number of aliphatic hydroxyl groups is 1. The summed E-state index contributed by atoms with van der Waals surface area (Å²) in [5.74, 6) is 1.13. The van der Waals surface area contributed by atoms with Crippen LogP contribution in [0.1, 0.15) is 63.5 Å². The maximum atomic E-state index is 9.89. The minimum atomic E-state index is 0.144. The van der Waals surface area contributed by atoms with E-state index in [1.165, 1.54) is 43.5 Å². The topological polar surface area (TPSA) is 52.9 Å². The molecule has 0 unspecified atom stereocenters. The van der Waals surface area contributed by atoms with Gasteiger partial charge in [0, 0.05) is 13.2 Å². The summed E-state index contributed by atoms with van der Waals surface area (Å²) in [5.41, 5.74) is 5.63. The third-order valence-corrected chi connectivity index (χ3v) is 6.43. The van der Waals surface area contributed by atoms with E-state index < -0.39 is 0 Å². The lowest BCUT2D eigenvalue weighted by Gasteiger charge is -2.26. The molecule has 0 saturated carbocycles. The molecule has 4 heteroatoms. The summed E-state index contributed by atoms with van der Waals surface area (Å²) in [6.07, 6.45) is 12.8. The van der Waals surface area contributed by atoms with E-state index in [1.54, 1.807) is 12.1 Å². The zero-order chi connectivity index (χ0) is 24.9. The van der Waals surface area contributed by atoms with Gasteiger partial charge in [0.15, 0.2) is 0 Å². The van der Waals surface area contributed by atoms with Crippen LogP contribution in [0, 0.1) is 0 Å². The molecule has 1 heterocycles. The SMILES string of the molecule is C\C=C/C(=C\CC)C(/CCCO)=C(/c1ccc(O)cc1)c1ccc(OCCN2CCCCC2)cc1. The molecule has 1 saturated heterocycles. The fourth-order valence-corrected chi connectivity index (χ4v) is 4.70. The van der Waals surface area contributed by atoms with Crippen molar-refractivity contribution in [3.05, 3.63) is 89.0 Å². The van der Waals surface area contributed by atoms with E-state index in [4.69, 9.17) is 4.74 Å². The lowest BCUT2D eigenvalue weighted by Crippen LogP contribution is -2.33. The van der Waals surface area contributed by atoms with E-state index in [-0.39, 0.29) is 12.4 Å². The first-order chi connectivity index (χ1) is 17.2. The van der Waals surface area contributed by atoms with Gasteiger partial charge >= 0.3 is 0 Å². The van der Waals surface area contributed by atoms with Crippen molar-refractivity contribution >= 4 is 5.57 Å². The summed E-state index contributed by atoms with van der Waals surface area (Å²) in [6.45, 7) is 8.35. The Hall–Kier alpha value is -2.82. The van der Waals surface area contributed by atoms with E-state index >= 15 is 0 Å². The molecule has 3 rings (SSSR count). The van der Waals surface area contributed by atoms with E-state index in [1.807, 2.05) is 19.1 Å². The van der Waals surface area contributed by atoms with E-state index in [2.05, 4.69) is 54.3 Å². The average Bonchev–Trinajstić information content (AvgIpc) is 2.88. The van der Waals surface area contributed by atoms with Gasteiger partial charge in [-0.05, 0) is 104 Å². The van der Waals surface area contributed by atoms with Gasteiger partial charge in [-0.1, -0.05) is 55.8 Å². The van der Waals surface area contributed by atoms with Crippen molar-refractivity contribution < 1.29 is 14.9 Å². The van der Waals surface area contributed by atoms with Gasteiger partial charge in [-0.15, -0.1) is 0 Å². The van der Waals surface area contributed by atoms with Gasteiger partial charge in [-0.25, -0.2) is 0 Å². The van der Waals surface area contributed by atoms with Crippen LogP contribution in [0.2, 0.25) is 0 Å². The second-order valence-corrected chi connectivity index (χ2v) is 9.07. The van der Waals surface area contributed by atoms with Gasteiger partial charge in [-0.2, -0.15) is 0 Å². The number of benzene rings is 2. The number of hydrogen-bond donors (Lipinski definition) is 2. The molecular formula is C31H41NO3. The van der Waals surface area contributed by atoms with Crippen LogP contribution in [0.25, 0.3) is 5.57 Å². The summed E-state index contributed by atoms with van der Waals surface area (Å²) < 4.78 is 6.07. The van der Waals surface area contributed by atoms with Crippen molar-refractivity contribution in [1.82, 2.24) is 4.90 Å². The largest absolute Gasteiger partial charge is 0.508 e. The van der Waals surface area contributed by atoms with Crippen molar-refractivity contribution in [2.75, 3.05) is 32.8 Å². The van der Waals surface area contributed by atoms with Crippen molar-refractivity contribution in [1.29, 1.82) is 0 Å². The highest BCUT2D eigenvalue weighted by Crippen LogP contribution is 2.35. The normalized spacial score (nSPS) is 15.9. The zero-order valence-corrected chi connectivity index (χ0v) is 21.4. The van der Waals surface area contributed by atoms with Crippen LogP contribution in [-0.2, 0) is 0 Å². The zero-order valence-electron chi connectivity index (χ0n) is 21.4. The average molecular weight is 476 g/mol. The molecule has 0 spiro atoms. The van der Waals surface area contributed by atoms with Crippen LogP contribution in [0.5, 0.6) is 11.5 Å². The highest BCUT2D eigenvalue weighted by Gasteiger charge is 2.15. The Labute approximate surface area is 211 Å². The highest BCUT2D eigenvalue weighted by atomic mass is 16.5. The number of piperidine rings is 1. The van der Waals surface area contributed by atoms with Crippen LogP contribution in [0.3, 0.4) is 0 Å². The standard InChI is InChI=1S/C31H41NO3/c1-3-9-25(10-4-2)30(11-8-23-33)31(26-12-16-28(34)17-13-26)27-14-18-29(19-15-27)35-24-22-32-20-6-5-7-21-32/h3,9-10,12-19,33-34H,4-8,11,20-24H2,1-2H3/b9-3-,25-10+,31-30-. The number of aliphatic hydroxyl groups excluding tert-OH is 1. The van der Waals surface area contributed by atoms with Crippen molar-refractivity contribution in [2.45, 2.75) is 52.4 Å². The molecule has 1 aliphatic rings. The molecule has 0 amide bonds. The molecule has 2 aromatic carbocycles. The Morgan fingerprint density at radius 2 is 1.63 bits per heavy atom. The fraction of sp³-hybridized carbons (Fsp3) is 0.419. The van der Waals surface area contributed by atoms with E-state index in [9.17, 15) is 10.2 Å². The van der Waals surface area contributed by atoms with Crippen molar-refractivity contribution in [3.8, 4) is 11.5 Å². The predicted molar refractivity (Wildman–Crippen MR) is 146 cm³/mol. The Balaban J connectivity index is 1.93. The molecule has 4 nitrogen and oxygen atoms in total. The van der Waals surface area contributed by atoms with Crippen LogP contribution >= 0.6 is 0 Å². The molecule has 0 atom stereocenters. The van der Waals surface area contributed by atoms with E-state index in [0.717, 1.165) is 41.8 Å². The summed E-state index contributed by atoms with van der Waals surface area (Å²) in [5, 5.41) is 19.5. The second kappa shape index (κ2) is 14.6. The number of rotatable bonds is 12. The van der Waals surface area contributed by atoms with Gasteiger partial charge in [-0.3, -0.25) is 4.90 Å². The maximum Gasteiger partial charge on any atom is 0.119 e. The number of allylic oxidation sites excluding steroid dienone is 5. The first kappa shape index (κ1) is 26.8. The Kier molecular flexibility index (Phi) is 11.1. The third kappa shape index (κ3) is 8.12. The molecule has 0 aliphatic carbocycles. The molecule has 0 aromatic heterocycles. The van der Waals surface area contributed by atoms with Gasteiger partial charge in [0.25, 0.3) is 0 Å². The van der Waals surface area contributed by atoms with Gasteiger partial charge in [0.2, 0.25) is 0 Å². The lowest BCUT2D eigenvalue weighted by atomic mass is 9.86. The molecule has 35 heavy (non-hydrogen) atoms. The molecule has 0 bridgehead atoms. The smallest absolute Gasteiger partial charge is 0.119 e. The van der Waals surface area contributed by atoms with Crippen LogP contribution < -0.4 is 4.74 Å². The van der Waals surface area contributed by atoms with Crippen LogP contribution in [0.4, 0.5) is 0 Å². The number of ether oxygens (including phenoxy) is 1. The molecule has 2 aromatic rings. The first-order valence-corrected chi connectivity index (χ1v) is 13.1. The van der Waals surface area contributed by atoms with Gasteiger partial charge < -0.3 is 14.9 Å². The quantitative estimate of drug-likeness (QED) is 0.334. The molecule has 188 valence electrons. The Bertz CT molecular complexity index is 981. The number of phenolic OH excluding ortho intramolecular Hbond substituents is 1. The number of aromatic hydroxyl groups is 1. The highest BCUT2D eigenvalue weighted by molar-refractivity contribution is 5.85. The monoisotopic (exact) mass is 475 g/mol. The minimum absolute atomic E-state index is 0.144. The summed E-state index contributed by atoms with van der Waals surface area (Å²) in [4.78, 5) is 2.49. The van der Waals surface area contributed by atoms with Gasteiger partial charge in [0.1, 0.15) is 18.1 Å². The van der Waals surface area contributed by atoms with Crippen LogP contribution in [0.15, 0.2) is 77.9 Å². The minimum Gasteiger partial charge on any atom is -0.508 e. The summed E-state index contributed by atoms with van der Waals surface area (Å²) in [7, 11) is 0. The summed E-state index contributed by atoms with van der Waals surface area (Å²) >= 11 is 0. The third-order valence-electron chi connectivity index (χ3n) is 6.43. The van der Waals surface area contributed by atoms with Crippen molar-refractivity contribution in [2.24, 2.45) is 0 Å². The lowest BCUT2D eigenvalue weighted by molar-refractivity contribution is 0.183. The molecular weight excluding hydrogens is 434 g/mol. The Morgan fingerprint density at radius 3 is 2.23 bits per heavy atom. The number of nitrogens with zero attached hydrogens (tertiary/aromatic N) is 1. The number of phenols is 1. The van der Waals surface area contributed by atoms with Crippen LogP contribution in [-0.4, -0.2) is 48.0 Å². The molecule has 2 N–H and O–H groups in total. The number of likely N-dealkylation sites (tertiary alicyclic amines) is 1. The molecule has 1 fully saturated rings. The van der Waals surface area contributed by atoms with Crippen molar-refractivity contribution in [3.63, 3.8) is 0 Å². The molecule has 0 radical (unpaired) electrons. The maximum absolute atomic E-state index is 9.89. The van der Waals surface area contributed by atoms with Gasteiger partial charge in [0.05, 0.1) is 0 Å². The van der Waals surface area contributed by atoms with E-state index in [0.29, 0.717) is 13.0 Å².